The molecule has 0 spiro atoms. The van der Waals surface area contributed by atoms with E-state index in [-0.39, 0.29) is 11.3 Å². The van der Waals surface area contributed by atoms with Crippen LogP contribution in [0.1, 0.15) is 10.5 Å². The highest BCUT2D eigenvalue weighted by molar-refractivity contribution is 7.92. The van der Waals surface area contributed by atoms with Crippen molar-refractivity contribution >= 4 is 38.2 Å². The molecule has 32 heavy (non-hydrogen) atoms. The molecule has 9 heteroatoms. The Kier molecular flexibility index (Phi) is 5.43. The van der Waals surface area contributed by atoms with Crippen molar-refractivity contribution in [2.24, 2.45) is 0 Å². The largest absolute Gasteiger partial charge is 0.350 e. The van der Waals surface area contributed by atoms with Crippen molar-refractivity contribution in [3.63, 3.8) is 0 Å². The number of hydrogen-bond donors (Lipinski definition) is 2. The minimum absolute atomic E-state index is 0.218. The second-order valence-corrected chi connectivity index (χ2v) is 9.36. The van der Waals surface area contributed by atoms with Crippen LogP contribution in [-0.2, 0) is 10.0 Å². The number of rotatable bonds is 5. The van der Waals surface area contributed by atoms with Crippen molar-refractivity contribution in [3.8, 4) is 11.1 Å². The molecule has 0 aliphatic rings. The minimum atomic E-state index is -3.41. The molecule has 164 valence electrons. The minimum Gasteiger partial charge on any atom is -0.350 e. The number of nitrogens with one attached hydrogen (secondary N) is 2. The summed E-state index contributed by atoms with van der Waals surface area (Å²) < 4.78 is 52.0. The number of carbonyl (C=O) groups is 1. The van der Waals surface area contributed by atoms with Gasteiger partial charge >= 0.3 is 0 Å². The van der Waals surface area contributed by atoms with Gasteiger partial charge in [-0.15, -0.1) is 0 Å². The van der Waals surface area contributed by atoms with Crippen LogP contribution in [0.2, 0.25) is 0 Å². The van der Waals surface area contributed by atoms with Gasteiger partial charge in [-0.25, -0.2) is 17.2 Å². The lowest BCUT2D eigenvalue weighted by molar-refractivity contribution is 0.102. The third kappa shape index (κ3) is 4.33. The highest BCUT2D eigenvalue weighted by Crippen LogP contribution is 2.27. The van der Waals surface area contributed by atoms with E-state index in [2.05, 4.69) is 10.3 Å². The molecule has 0 aliphatic heterocycles. The van der Waals surface area contributed by atoms with Crippen molar-refractivity contribution in [2.45, 2.75) is 0 Å². The van der Waals surface area contributed by atoms with Gasteiger partial charge in [-0.1, -0.05) is 18.2 Å². The average molecular weight is 455 g/mol. The summed E-state index contributed by atoms with van der Waals surface area (Å²) in [7, 11) is -1.97. The number of nitrogens with zero attached hydrogens (tertiary/aromatic N) is 1. The number of carbonyl (C=O) groups excluding carboxylic acids is 1. The van der Waals surface area contributed by atoms with Crippen molar-refractivity contribution in [1.29, 1.82) is 0 Å². The summed E-state index contributed by atoms with van der Waals surface area (Å²) in [5, 5.41) is 3.49. The van der Waals surface area contributed by atoms with Gasteiger partial charge in [0.05, 0.1) is 11.9 Å². The topological polar surface area (TPSA) is 82.3 Å². The normalized spacial score (nSPS) is 11.5. The monoisotopic (exact) mass is 455 g/mol. The number of aromatic nitrogens is 1. The van der Waals surface area contributed by atoms with E-state index in [1.165, 1.54) is 19.2 Å². The van der Waals surface area contributed by atoms with Crippen LogP contribution in [0.5, 0.6) is 0 Å². The van der Waals surface area contributed by atoms with Crippen molar-refractivity contribution in [3.05, 3.63) is 84.1 Å². The molecule has 0 aliphatic carbocycles. The zero-order valence-corrected chi connectivity index (χ0v) is 18.0. The van der Waals surface area contributed by atoms with Crippen molar-refractivity contribution in [1.82, 2.24) is 4.98 Å². The summed E-state index contributed by atoms with van der Waals surface area (Å²) in [6.45, 7) is 0. The number of H-pyrrole nitrogens is 1. The molecular formula is C23H19F2N3O3S. The van der Waals surface area contributed by atoms with Crippen LogP contribution in [0, 0.1) is 11.6 Å². The number of fused-ring (bicyclic) bond motifs is 1. The van der Waals surface area contributed by atoms with E-state index in [9.17, 15) is 22.0 Å². The first-order chi connectivity index (χ1) is 15.1. The van der Waals surface area contributed by atoms with Gasteiger partial charge in [0.2, 0.25) is 10.0 Å². The van der Waals surface area contributed by atoms with E-state index >= 15 is 0 Å². The van der Waals surface area contributed by atoms with E-state index < -0.39 is 27.6 Å². The molecule has 1 amide bonds. The highest BCUT2D eigenvalue weighted by atomic mass is 32.2. The van der Waals surface area contributed by atoms with Crippen LogP contribution < -0.4 is 9.62 Å². The molecule has 0 bridgehead atoms. The molecule has 0 unspecified atom stereocenters. The fourth-order valence-electron chi connectivity index (χ4n) is 3.31. The van der Waals surface area contributed by atoms with Gasteiger partial charge < -0.3 is 10.3 Å². The summed E-state index contributed by atoms with van der Waals surface area (Å²) in [5.74, 6) is -1.78. The zero-order valence-electron chi connectivity index (χ0n) is 17.2. The maximum Gasteiger partial charge on any atom is 0.272 e. The van der Waals surface area contributed by atoms with Gasteiger partial charge in [-0.2, -0.15) is 0 Å². The fourth-order valence-corrected chi connectivity index (χ4v) is 3.81. The Bertz CT molecular complexity index is 1450. The van der Waals surface area contributed by atoms with Crippen LogP contribution in [0.15, 0.2) is 66.7 Å². The van der Waals surface area contributed by atoms with Gasteiger partial charge in [0, 0.05) is 35.3 Å². The molecule has 0 radical (unpaired) electrons. The van der Waals surface area contributed by atoms with Crippen molar-refractivity contribution < 1.29 is 22.0 Å². The van der Waals surface area contributed by atoms with Gasteiger partial charge in [0.15, 0.2) is 0 Å². The molecule has 1 aromatic heterocycles. The third-order valence-electron chi connectivity index (χ3n) is 5.07. The van der Waals surface area contributed by atoms with E-state index in [1.807, 2.05) is 0 Å². The summed E-state index contributed by atoms with van der Waals surface area (Å²) in [5.41, 5.74) is 2.49. The Hall–Kier alpha value is -3.72. The molecule has 1 heterocycles. The number of benzene rings is 3. The molecule has 4 aromatic rings. The Morgan fingerprint density at radius 3 is 2.50 bits per heavy atom. The lowest BCUT2D eigenvalue weighted by atomic mass is 10.0. The van der Waals surface area contributed by atoms with Gasteiger partial charge in [0.25, 0.3) is 5.91 Å². The molecule has 0 saturated carbocycles. The Labute approximate surface area is 183 Å². The van der Waals surface area contributed by atoms with Crippen LogP contribution in [-0.4, -0.2) is 32.6 Å². The van der Waals surface area contributed by atoms with Crippen LogP contribution >= 0.6 is 0 Å². The van der Waals surface area contributed by atoms with E-state index in [4.69, 9.17) is 0 Å². The molecule has 0 saturated heterocycles. The SMILES string of the molecule is CN(c1ccc2cc(C(=O)Nc3cccc(-c4ccc(F)cc4F)c3)[nH]c2c1)S(C)(=O)=O. The van der Waals surface area contributed by atoms with Gasteiger partial charge in [-0.3, -0.25) is 9.10 Å². The summed E-state index contributed by atoms with van der Waals surface area (Å²) in [4.78, 5) is 15.7. The van der Waals surface area contributed by atoms with Crippen molar-refractivity contribution in [2.75, 3.05) is 22.9 Å². The third-order valence-corrected chi connectivity index (χ3v) is 6.28. The fraction of sp³-hybridized carbons (Fsp3) is 0.0870. The first kappa shape index (κ1) is 21.5. The summed E-state index contributed by atoms with van der Waals surface area (Å²) in [6, 6.07) is 16.6. The Morgan fingerprint density at radius 1 is 1.00 bits per heavy atom. The number of anilines is 2. The lowest BCUT2D eigenvalue weighted by Crippen LogP contribution is -2.24. The summed E-state index contributed by atoms with van der Waals surface area (Å²) >= 11 is 0. The molecule has 3 aromatic carbocycles. The Balaban J connectivity index is 1.59. The van der Waals surface area contributed by atoms with E-state index in [0.717, 1.165) is 22.0 Å². The molecule has 0 atom stereocenters. The van der Waals surface area contributed by atoms with Gasteiger partial charge in [-0.05, 0) is 48.0 Å². The predicted octanol–water partition coefficient (Wildman–Crippen LogP) is 4.76. The first-order valence-corrected chi connectivity index (χ1v) is 11.4. The predicted molar refractivity (Wildman–Crippen MR) is 121 cm³/mol. The van der Waals surface area contributed by atoms with E-state index in [1.54, 1.807) is 48.5 Å². The number of halogens is 2. The quantitative estimate of drug-likeness (QED) is 0.455. The molecular weight excluding hydrogens is 436 g/mol. The Morgan fingerprint density at radius 2 is 1.78 bits per heavy atom. The second-order valence-electron chi connectivity index (χ2n) is 7.34. The van der Waals surface area contributed by atoms with E-state index in [0.29, 0.717) is 22.5 Å². The zero-order chi connectivity index (χ0) is 23.0. The second kappa shape index (κ2) is 8.08. The molecule has 4 rings (SSSR count). The molecule has 0 fully saturated rings. The van der Waals surface area contributed by atoms with Crippen LogP contribution in [0.25, 0.3) is 22.0 Å². The number of hydrogen-bond acceptors (Lipinski definition) is 3. The van der Waals surface area contributed by atoms with Gasteiger partial charge in [0.1, 0.15) is 17.3 Å². The van der Waals surface area contributed by atoms with Crippen LogP contribution in [0.3, 0.4) is 0 Å². The van der Waals surface area contributed by atoms with Crippen LogP contribution in [0.4, 0.5) is 20.2 Å². The number of aromatic amines is 1. The summed E-state index contributed by atoms with van der Waals surface area (Å²) in [6.07, 6.45) is 1.11. The highest BCUT2D eigenvalue weighted by Gasteiger charge is 2.15. The lowest BCUT2D eigenvalue weighted by Gasteiger charge is -2.16. The standard InChI is InChI=1S/C23H19F2N3O3S/c1-28(32(2,30)31)18-8-6-15-11-22(27-21(15)13-18)23(29)26-17-5-3-4-14(10-17)19-9-7-16(24)12-20(19)25/h3-13,27H,1-2H3,(H,26,29). The first-order valence-electron chi connectivity index (χ1n) is 9.55. The number of sulfonamides is 1. The average Bonchev–Trinajstić information content (AvgIpc) is 3.16. The number of amides is 1. The maximum absolute atomic E-state index is 14.1. The molecule has 2 N–H and O–H groups in total. The maximum atomic E-state index is 14.1. The molecule has 6 nitrogen and oxygen atoms in total. The smallest absolute Gasteiger partial charge is 0.272 e.